The Balaban J connectivity index is 0. The van der Waals surface area contributed by atoms with Crippen molar-refractivity contribution in [2.24, 2.45) is 0 Å². The molecule has 0 amide bonds. The van der Waals surface area contributed by atoms with E-state index >= 15 is 0 Å². The van der Waals surface area contributed by atoms with E-state index in [4.69, 9.17) is 0 Å². The van der Waals surface area contributed by atoms with Crippen LogP contribution in [0.15, 0.2) is 0 Å². The Morgan fingerprint density at radius 1 is 1.20 bits per heavy atom. The summed E-state index contributed by atoms with van der Waals surface area (Å²) >= 11 is 0. The fraction of sp³-hybridized carbons (Fsp3) is 0. The molecule has 0 saturated carbocycles. The Morgan fingerprint density at radius 3 is 1.20 bits per heavy atom. The van der Waals surface area contributed by atoms with Gasteiger partial charge in [-0.3, -0.25) is 0 Å². The average molecular weight is 185 g/mol. The molecule has 0 fully saturated rings. The fourth-order valence-corrected chi connectivity index (χ4v) is 0. The van der Waals surface area contributed by atoms with Gasteiger partial charge in [-0.25, -0.2) is 0 Å². The van der Waals surface area contributed by atoms with Crippen LogP contribution in [0.1, 0.15) is 4.28 Å². The third kappa shape index (κ3) is 19.0. The molecule has 0 spiro atoms. The summed E-state index contributed by atoms with van der Waals surface area (Å²) in [7, 11) is 0. The summed E-state index contributed by atoms with van der Waals surface area (Å²) in [5.41, 5.74) is 0. The van der Waals surface area contributed by atoms with E-state index in [9.17, 15) is 0 Å². The largest absolute Gasteiger partial charge is 2.00 e. The maximum Gasteiger partial charge on any atom is 2.00 e. The smallest absolute Gasteiger partial charge is 1.00 e. The Labute approximate surface area is 105 Å². The Bertz CT molecular complexity index is 19.2. The minimum Gasteiger partial charge on any atom is -1.00 e. The van der Waals surface area contributed by atoms with Gasteiger partial charge >= 0.3 is 41.9 Å². The quantitative estimate of drug-likeness (QED) is 0.330. The topological polar surface area (TPSA) is 0 Å². The van der Waals surface area contributed by atoms with Gasteiger partial charge in [0.05, 0.1) is 0 Å². The maximum absolute atomic E-state index is 0. The molecule has 0 heterocycles. The summed E-state index contributed by atoms with van der Waals surface area (Å²) in [5, 5.41) is 0. The summed E-state index contributed by atoms with van der Waals surface area (Å²) in [6.45, 7) is 0. The zero-order chi connectivity index (χ0) is 0. The molecule has 23 valence electrons. The van der Waals surface area contributed by atoms with Gasteiger partial charge < -0.3 is 4.28 Å². The number of hydrogen-bond acceptors (Lipinski definition) is 0. The van der Waals surface area contributed by atoms with Crippen molar-refractivity contribution < 1.29 is 55.8 Å². The minimum absolute atomic E-state index is 0. The van der Waals surface area contributed by atoms with Crippen LogP contribution in [0.25, 0.3) is 0 Å². The van der Waals surface area contributed by atoms with Crippen LogP contribution in [0.2, 0.25) is 0 Å². The van der Waals surface area contributed by atoms with Gasteiger partial charge in [-0.1, -0.05) is 0 Å². The third-order valence-electron chi connectivity index (χ3n) is 0. The first kappa shape index (κ1) is 41.4. The molecule has 5 heavy (non-hydrogen) atoms. The second kappa shape index (κ2) is 27.0. The van der Waals surface area contributed by atoms with E-state index < -0.39 is 0 Å². The van der Waals surface area contributed by atoms with E-state index in [1.54, 1.807) is 0 Å². The minimum atomic E-state index is 0. The standard InChI is InChI=1S/Al.Li.Mg.H4Si.Y.6H/h;;;1H4;;;;;;;/q;+1;+2;;;;;;3*-1. The predicted octanol–water partition coefficient (Wildman–Crippen LogP) is -5.68. The van der Waals surface area contributed by atoms with Crippen LogP contribution in [0.3, 0.4) is 0 Å². The molecule has 0 aliphatic rings. The molecule has 0 aliphatic carbocycles. The molecule has 0 nitrogen and oxygen atoms in total. The van der Waals surface area contributed by atoms with E-state index in [1.807, 2.05) is 0 Å². The molecule has 0 aromatic rings. The molecular weight excluding hydrogens is 175 g/mol. The third-order valence-corrected chi connectivity index (χ3v) is 0. The number of rotatable bonds is 0. The van der Waals surface area contributed by atoms with Crippen LogP contribution < -0.4 is 18.9 Å². The van der Waals surface area contributed by atoms with Crippen molar-refractivity contribution in [2.75, 3.05) is 0 Å². The molecule has 0 saturated heterocycles. The zero-order valence-electron chi connectivity index (χ0n) is 5.28. The molecule has 0 N–H and O–H groups in total. The van der Waals surface area contributed by atoms with E-state index in [2.05, 4.69) is 0 Å². The molecule has 0 bridgehead atoms. The van der Waals surface area contributed by atoms with Gasteiger partial charge in [-0.2, -0.15) is 0 Å². The normalized spacial score (nSPS) is 0. The summed E-state index contributed by atoms with van der Waals surface area (Å²) in [6, 6.07) is 0. The van der Waals surface area contributed by atoms with Gasteiger partial charge in [0.15, 0.2) is 17.4 Å². The molecule has 0 aromatic carbocycles. The summed E-state index contributed by atoms with van der Waals surface area (Å²) in [4.78, 5) is 0. The monoisotopic (exact) mass is 185 g/mol. The van der Waals surface area contributed by atoms with Crippen molar-refractivity contribution >= 4 is 51.4 Å². The fourth-order valence-electron chi connectivity index (χ4n) is 0. The van der Waals surface area contributed by atoms with Gasteiger partial charge in [-0.05, 0) is 11.0 Å². The van der Waals surface area contributed by atoms with Crippen molar-refractivity contribution in [3.63, 3.8) is 0 Å². The average Bonchev–Trinajstić information content (AvgIpc) is 0. The van der Waals surface area contributed by atoms with Gasteiger partial charge in [0.25, 0.3) is 0 Å². The first-order valence-corrected chi connectivity index (χ1v) is 0. The van der Waals surface area contributed by atoms with Crippen molar-refractivity contribution in [1.82, 2.24) is 0 Å². The molecular formula is H10AlLiMgSiY. The molecule has 0 rings (SSSR count). The summed E-state index contributed by atoms with van der Waals surface area (Å²) < 4.78 is 0. The zero-order valence-corrected chi connectivity index (χ0v) is 6.54. The molecule has 1 radical (unpaired) electrons. The van der Waals surface area contributed by atoms with Crippen molar-refractivity contribution in [2.45, 2.75) is 0 Å². The summed E-state index contributed by atoms with van der Waals surface area (Å²) in [5.74, 6) is 0. The van der Waals surface area contributed by atoms with Crippen LogP contribution in [-0.4, -0.2) is 51.4 Å². The van der Waals surface area contributed by atoms with Gasteiger partial charge in [0.2, 0.25) is 0 Å². The Morgan fingerprint density at radius 2 is 1.20 bits per heavy atom. The first-order chi connectivity index (χ1) is 0. The molecule has 0 aliphatic heterocycles. The number of hydrogen-bond donors (Lipinski definition) is 0. The van der Waals surface area contributed by atoms with E-state index in [1.165, 1.54) is 0 Å². The van der Waals surface area contributed by atoms with Crippen molar-refractivity contribution in [3.05, 3.63) is 0 Å². The van der Waals surface area contributed by atoms with Gasteiger partial charge in [-0.15, -0.1) is 0 Å². The van der Waals surface area contributed by atoms with E-state index in [0.29, 0.717) is 0 Å². The second-order valence-electron chi connectivity index (χ2n) is 0. The molecule has 5 heteroatoms. The predicted molar refractivity (Wildman–Crippen MR) is 30.4 cm³/mol. The molecule has 0 atom stereocenters. The van der Waals surface area contributed by atoms with Crippen LogP contribution in [0.5, 0.6) is 0 Å². The molecule has 0 unspecified atom stereocenters. The summed E-state index contributed by atoms with van der Waals surface area (Å²) in [6.07, 6.45) is 0. The van der Waals surface area contributed by atoms with Crippen LogP contribution in [-0.2, 0) is 32.7 Å². The van der Waals surface area contributed by atoms with E-state index in [-0.39, 0.29) is 107 Å². The van der Waals surface area contributed by atoms with Gasteiger partial charge in [0.1, 0.15) is 0 Å². The maximum atomic E-state index is 0. The second-order valence-corrected chi connectivity index (χ2v) is 0. The van der Waals surface area contributed by atoms with Crippen LogP contribution in [0.4, 0.5) is 0 Å². The van der Waals surface area contributed by atoms with E-state index in [0.717, 1.165) is 0 Å². The van der Waals surface area contributed by atoms with Crippen molar-refractivity contribution in [3.8, 4) is 0 Å². The SMILES string of the molecule is [AlH3].[H-].[H-].[H-].[Li+].[Mg+2].[SiH4].[Y]. The Kier molecular flexibility index (Phi) is 223. The van der Waals surface area contributed by atoms with Crippen LogP contribution >= 0.6 is 0 Å². The Hall–Kier alpha value is 3.22. The van der Waals surface area contributed by atoms with Crippen molar-refractivity contribution in [1.29, 1.82) is 0 Å². The van der Waals surface area contributed by atoms with Gasteiger partial charge in [0, 0.05) is 32.7 Å². The molecule has 0 aromatic heterocycles. The van der Waals surface area contributed by atoms with Crippen LogP contribution in [0, 0.1) is 0 Å². The first-order valence-electron chi connectivity index (χ1n) is 0.